The van der Waals surface area contributed by atoms with E-state index in [2.05, 4.69) is 0 Å². The molecule has 0 unspecified atom stereocenters. The number of fused-ring (bicyclic) bond motifs is 1. The third-order valence-electron chi connectivity index (χ3n) is 5.46. The van der Waals surface area contributed by atoms with Gasteiger partial charge in [-0.1, -0.05) is 6.07 Å². The molecule has 1 aliphatic heterocycles. The van der Waals surface area contributed by atoms with Crippen LogP contribution in [0.25, 0.3) is 11.0 Å². The van der Waals surface area contributed by atoms with E-state index in [1.54, 1.807) is 29.2 Å². The summed E-state index contributed by atoms with van der Waals surface area (Å²) in [6.45, 7) is 3.23. The molecule has 168 valence electrons. The Balaban J connectivity index is 1.34. The molecule has 0 aliphatic carbocycles. The molecule has 0 N–H and O–H groups in total. The van der Waals surface area contributed by atoms with Crippen LogP contribution in [0.3, 0.4) is 0 Å². The Bertz CT molecular complexity index is 1200. The van der Waals surface area contributed by atoms with Gasteiger partial charge in [0.15, 0.2) is 6.61 Å². The smallest absolute Gasteiger partial charge is 0.416 e. The number of aryl methyl sites for hydroxylation is 1. The maximum Gasteiger partial charge on any atom is 0.416 e. The van der Waals surface area contributed by atoms with E-state index < -0.39 is 17.4 Å². The highest BCUT2D eigenvalue weighted by molar-refractivity contribution is 5.82. The van der Waals surface area contributed by atoms with Crippen molar-refractivity contribution in [1.82, 2.24) is 4.90 Å². The minimum absolute atomic E-state index is 0.189. The zero-order valence-corrected chi connectivity index (χ0v) is 17.3. The largest absolute Gasteiger partial charge is 0.484 e. The number of alkyl halides is 3. The molecular weight excluding hydrogens is 425 g/mol. The van der Waals surface area contributed by atoms with Crippen LogP contribution in [0.5, 0.6) is 5.75 Å². The Morgan fingerprint density at radius 3 is 2.53 bits per heavy atom. The maximum atomic E-state index is 12.9. The quantitative estimate of drug-likeness (QED) is 0.570. The maximum absolute atomic E-state index is 12.9. The molecule has 0 bridgehead atoms. The molecule has 0 radical (unpaired) electrons. The van der Waals surface area contributed by atoms with Gasteiger partial charge in [0.1, 0.15) is 11.3 Å². The summed E-state index contributed by atoms with van der Waals surface area (Å²) in [5.74, 6) is 0.182. The number of carbonyl (C=O) groups is 1. The molecule has 9 heteroatoms. The summed E-state index contributed by atoms with van der Waals surface area (Å²) in [7, 11) is 0. The van der Waals surface area contributed by atoms with Gasteiger partial charge in [-0.3, -0.25) is 4.79 Å². The molecule has 1 aliphatic rings. The molecular formula is C23H21F3N2O4. The van der Waals surface area contributed by atoms with E-state index in [0.29, 0.717) is 43.2 Å². The fourth-order valence-electron chi connectivity index (χ4n) is 3.72. The van der Waals surface area contributed by atoms with E-state index in [-0.39, 0.29) is 12.5 Å². The fourth-order valence-corrected chi connectivity index (χ4v) is 3.72. The van der Waals surface area contributed by atoms with E-state index in [1.165, 1.54) is 12.1 Å². The standard InChI is InChI=1S/C23H21F3N2O4/c1-15-11-22(30)32-20-13-18(5-6-19(15)20)31-14-21(29)28-9-7-27(8-10-28)17-4-2-3-16(12-17)23(24,25)26/h2-6,11-13H,7-10,14H2,1H3. The van der Waals surface area contributed by atoms with Gasteiger partial charge in [-0.2, -0.15) is 13.2 Å². The second-order valence-corrected chi connectivity index (χ2v) is 7.61. The zero-order valence-electron chi connectivity index (χ0n) is 17.3. The van der Waals surface area contributed by atoms with Crippen LogP contribution in [0, 0.1) is 6.92 Å². The van der Waals surface area contributed by atoms with E-state index in [9.17, 15) is 22.8 Å². The van der Waals surface area contributed by atoms with Gasteiger partial charge in [-0.05, 0) is 42.8 Å². The van der Waals surface area contributed by atoms with E-state index in [0.717, 1.165) is 23.1 Å². The lowest BCUT2D eigenvalue weighted by molar-refractivity contribution is -0.137. The highest BCUT2D eigenvalue weighted by atomic mass is 19.4. The Labute approximate surface area is 181 Å². The summed E-state index contributed by atoms with van der Waals surface area (Å²) in [5.41, 5.74) is 0.508. The van der Waals surface area contributed by atoms with Crippen molar-refractivity contribution < 1.29 is 27.1 Å². The summed E-state index contributed by atoms with van der Waals surface area (Å²) in [6.07, 6.45) is -4.39. The number of amides is 1. The molecule has 1 amide bonds. The number of ether oxygens (including phenoxy) is 1. The van der Waals surface area contributed by atoms with Crippen LogP contribution in [0.2, 0.25) is 0 Å². The normalized spacial score (nSPS) is 14.6. The number of hydrogen-bond acceptors (Lipinski definition) is 5. The molecule has 0 atom stereocenters. The first-order valence-corrected chi connectivity index (χ1v) is 10.1. The van der Waals surface area contributed by atoms with Gasteiger partial charge in [-0.15, -0.1) is 0 Å². The van der Waals surface area contributed by atoms with Gasteiger partial charge < -0.3 is 19.0 Å². The minimum atomic E-state index is -4.39. The molecule has 1 aromatic heterocycles. The van der Waals surface area contributed by atoms with Gasteiger partial charge in [0, 0.05) is 49.4 Å². The van der Waals surface area contributed by atoms with Crippen LogP contribution in [0.15, 0.2) is 57.7 Å². The van der Waals surface area contributed by atoms with Crippen molar-refractivity contribution in [3.63, 3.8) is 0 Å². The Kier molecular flexibility index (Phi) is 5.82. The lowest BCUT2D eigenvalue weighted by Crippen LogP contribution is -2.50. The number of halogens is 3. The Hall–Kier alpha value is -3.49. The Morgan fingerprint density at radius 2 is 1.81 bits per heavy atom. The third-order valence-corrected chi connectivity index (χ3v) is 5.46. The van der Waals surface area contributed by atoms with Gasteiger partial charge in [0.05, 0.1) is 5.56 Å². The number of benzene rings is 2. The van der Waals surface area contributed by atoms with Crippen molar-refractivity contribution in [2.24, 2.45) is 0 Å². The first-order valence-electron chi connectivity index (χ1n) is 10.1. The van der Waals surface area contributed by atoms with Crippen molar-refractivity contribution in [2.45, 2.75) is 13.1 Å². The van der Waals surface area contributed by atoms with Crippen LogP contribution >= 0.6 is 0 Å². The van der Waals surface area contributed by atoms with Crippen LogP contribution in [-0.4, -0.2) is 43.6 Å². The molecule has 3 aromatic rings. The van der Waals surface area contributed by atoms with Gasteiger partial charge in [0.2, 0.25) is 0 Å². The average molecular weight is 446 g/mol. The third kappa shape index (κ3) is 4.71. The van der Waals surface area contributed by atoms with E-state index >= 15 is 0 Å². The second kappa shape index (κ2) is 8.57. The summed E-state index contributed by atoms with van der Waals surface area (Å²) in [6, 6.07) is 11.6. The van der Waals surface area contributed by atoms with Gasteiger partial charge in [-0.25, -0.2) is 4.79 Å². The topological polar surface area (TPSA) is 63.0 Å². The van der Waals surface area contributed by atoms with Crippen molar-refractivity contribution >= 4 is 22.6 Å². The summed E-state index contributed by atoms with van der Waals surface area (Å²) >= 11 is 0. The van der Waals surface area contributed by atoms with Crippen molar-refractivity contribution in [3.05, 3.63) is 70.1 Å². The van der Waals surface area contributed by atoms with Crippen molar-refractivity contribution in [1.29, 1.82) is 0 Å². The molecule has 2 heterocycles. The predicted octanol–water partition coefficient (Wildman–Crippen LogP) is 3.85. The van der Waals surface area contributed by atoms with Crippen LogP contribution in [0.4, 0.5) is 18.9 Å². The van der Waals surface area contributed by atoms with Crippen LogP contribution in [-0.2, 0) is 11.0 Å². The summed E-state index contributed by atoms with van der Waals surface area (Å²) in [5, 5.41) is 0.786. The van der Waals surface area contributed by atoms with E-state index in [4.69, 9.17) is 9.15 Å². The first-order chi connectivity index (χ1) is 15.2. The molecule has 1 fully saturated rings. The zero-order chi connectivity index (χ0) is 22.9. The summed E-state index contributed by atoms with van der Waals surface area (Å²) < 4.78 is 49.6. The number of rotatable bonds is 4. The second-order valence-electron chi connectivity index (χ2n) is 7.61. The lowest BCUT2D eigenvalue weighted by Gasteiger charge is -2.36. The molecule has 0 saturated carbocycles. The number of anilines is 1. The van der Waals surface area contributed by atoms with Gasteiger partial charge in [0.25, 0.3) is 5.91 Å². The SMILES string of the molecule is Cc1cc(=O)oc2cc(OCC(=O)N3CCN(c4cccc(C(F)(F)F)c4)CC3)ccc12. The van der Waals surface area contributed by atoms with Crippen LogP contribution in [0.1, 0.15) is 11.1 Å². The van der Waals surface area contributed by atoms with Crippen molar-refractivity contribution in [3.8, 4) is 5.75 Å². The molecule has 4 rings (SSSR count). The highest BCUT2D eigenvalue weighted by Crippen LogP contribution is 2.32. The molecule has 2 aromatic carbocycles. The predicted molar refractivity (Wildman–Crippen MR) is 113 cm³/mol. The van der Waals surface area contributed by atoms with E-state index in [1.807, 2.05) is 11.8 Å². The fraction of sp³-hybridized carbons (Fsp3) is 0.304. The Morgan fingerprint density at radius 1 is 1.06 bits per heavy atom. The monoisotopic (exact) mass is 446 g/mol. The first kappa shape index (κ1) is 21.7. The number of carbonyl (C=O) groups excluding carboxylic acids is 1. The van der Waals surface area contributed by atoms with Crippen molar-refractivity contribution in [2.75, 3.05) is 37.7 Å². The summed E-state index contributed by atoms with van der Waals surface area (Å²) in [4.78, 5) is 27.5. The molecule has 0 spiro atoms. The minimum Gasteiger partial charge on any atom is -0.484 e. The molecule has 6 nitrogen and oxygen atoms in total. The van der Waals surface area contributed by atoms with Crippen LogP contribution < -0.4 is 15.3 Å². The number of nitrogens with zero attached hydrogens (tertiary/aromatic N) is 2. The lowest BCUT2D eigenvalue weighted by atomic mass is 10.1. The van der Waals surface area contributed by atoms with Gasteiger partial charge >= 0.3 is 11.8 Å². The molecule has 1 saturated heterocycles. The molecule has 32 heavy (non-hydrogen) atoms. The number of hydrogen-bond donors (Lipinski definition) is 0. The number of piperazine rings is 1. The average Bonchev–Trinajstić information content (AvgIpc) is 2.76. The highest BCUT2D eigenvalue weighted by Gasteiger charge is 2.31.